The normalized spacial score (nSPS) is 8.67. The molecule has 1 rings (SSSR count). The van der Waals surface area contributed by atoms with E-state index in [0.717, 1.165) is 0 Å². The van der Waals surface area contributed by atoms with E-state index in [9.17, 15) is 0 Å². The SMILES string of the molecule is CNc1bcc(C)cc1. The molecule has 0 unspecified atom stereocenters. The molecule has 1 N–H and O–H groups in total. The van der Waals surface area contributed by atoms with Gasteiger partial charge in [-0.3, -0.25) is 0 Å². The first kappa shape index (κ1) is 6.34. The zero-order valence-electron chi connectivity index (χ0n) is 5.81. The van der Waals surface area contributed by atoms with Crippen molar-refractivity contribution in [2.24, 2.45) is 0 Å². The number of nitrogens with one attached hydrogen (secondary N) is 1. The van der Waals surface area contributed by atoms with Crippen LogP contribution in [-0.2, 0) is 0 Å². The predicted octanol–water partition coefficient (Wildman–Crippen LogP) is 1.37. The first-order valence-electron chi connectivity index (χ1n) is 3.07. The van der Waals surface area contributed by atoms with Gasteiger partial charge in [0.05, 0.1) is 0 Å². The van der Waals surface area contributed by atoms with Gasteiger partial charge >= 0.3 is 55.4 Å². The monoisotopic (exact) mass is 119 g/mol. The Labute approximate surface area is 56.3 Å². The van der Waals surface area contributed by atoms with Crippen LogP contribution in [-0.4, -0.2) is 14.0 Å². The van der Waals surface area contributed by atoms with Crippen LogP contribution in [0, 0.1) is 6.92 Å². The Hall–Kier alpha value is -0.785. The van der Waals surface area contributed by atoms with Gasteiger partial charge in [-0.25, -0.2) is 0 Å². The first-order chi connectivity index (χ1) is 4.33. The van der Waals surface area contributed by atoms with Crippen molar-refractivity contribution in [3.05, 3.63) is 23.7 Å². The summed E-state index contributed by atoms with van der Waals surface area (Å²) in [6.45, 7) is 4.15. The molecule has 1 nitrogen and oxygen atoms in total. The second-order valence-corrected chi connectivity index (χ2v) is 2.12. The van der Waals surface area contributed by atoms with Crippen LogP contribution in [0.2, 0.25) is 0 Å². The Morgan fingerprint density at radius 3 is 2.67 bits per heavy atom. The van der Waals surface area contributed by atoms with Crippen LogP contribution in [0.3, 0.4) is 0 Å². The number of rotatable bonds is 1. The third-order valence-electron chi connectivity index (χ3n) is 1.34. The van der Waals surface area contributed by atoms with Crippen molar-refractivity contribution < 1.29 is 0 Å². The van der Waals surface area contributed by atoms with Gasteiger partial charge in [0, 0.05) is 0 Å². The molecule has 0 aliphatic heterocycles. The third-order valence-corrected chi connectivity index (χ3v) is 1.34. The molecule has 9 heavy (non-hydrogen) atoms. The quantitative estimate of drug-likeness (QED) is 0.588. The van der Waals surface area contributed by atoms with E-state index in [1.165, 1.54) is 11.1 Å². The van der Waals surface area contributed by atoms with Gasteiger partial charge in [0.25, 0.3) is 0 Å². The molecule has 0 radical (unpaired) electrons. The van der Waals surface area contributed by atoms with Gasteiger partial charge in [0.15, 0.2) is 0 Å². The molecular formula is C7H10BN. The van der Waals surface area contributed by atoms with Crippen molar-refractivity contribution in [1.82, 2.24) is 0 Å². The summed E-state index contributed by atoms with van der Waals surface area (Å²) in [5, 5.41) is 3.05. The van der Waals surface area contributed by atoms with Crippen molar-refractivity contribution in [3.8, 4) is 0 Å². The maximum atomic E-state index is 3.05. The first-order valence-corrected chi connectivity index (χ1v) is 3.07. The molecule has 1 aromatic heterocycles. The molecule has 0 aromatic carbocycles. The minimum atomic E-state index is 1.17. The van der Waals surface area contributed by atoms with Gasteiger partial charge in [-0.1, -0.05) is 0 Å². The molecule has 0 saturated heterocycles. The van der Waals surface area contributed by atoms with E-state index in [0.29, 0.717) is 0 Å². The van der Waals surface area contributed by atoms with Gasteiger partial charge < -0.3 is 0 Å². The summed E-state index contributed by atoms with van der Waals surface area (Å²) < 4.78 is 0. The Morgan fingerprint density at radius 2 is 2.22 bits per heavy atom. The summed E-state index contributed by atoms with van der Waals surface area (Å²) in [5.41, 5.74) is 2.47. The summed E-state index contributed by atoms with van der Waals surface area (Å²) >= 11 is 0. The van der Waals surface area contributed by atoms with Crippen molar-refractivity contribution in [1.29, 1.82) is 0 Å². The number of aryl methyl sites for hydroxylation is 1. The fourth-order valence-electron chi connectivity index (χ4n) is 0.720. The molecule has 0 saturated carbocycles. The van der Waals surface area contributed by atoms with Gasteiger partial charge in [0.1, 0.15) is 0 Å². The fourth-order valence-corrected chi connectivity index (χ4v) is 0.720. The van der Waals surface area contributed by atoms with Crippen molar-refractivity contribution in [2.75, 3.05) is 12.4 Å². The third kappa shape index (κ3) is 1.56. The standard InChI is InChI=1S/C7H10BN/c1-6-3-4-7(9-2)8-5-6/h3-5,9H,1-2H3. The van der Waals surface area contributed by atoms with Gasteiger partial charge in [-0.2, -0.15) is 0 Å². The van der Waals surface area contributed by atoms with Crippen LogP contribution >= 0.6 is 0 Å². The molecular weight excluding hydrogens is 109 g/mol. The van der Waals surface area contributed by atoms with Gasteiger partial charge in [0.2, 0.25) is 0 Å². The predicted molar refractivity (Wildman–Crippen MR) is 42.1 cm³/mol. The summed E-state index contributed by atoms with van der Waals surface area (Å²) in [5.74, 6) is 2.09. The van der Waals surface area contributed by atoms with E-state index in [1.54, 1.807) is 0 Å². The topological polar surface area (TPSA) is 12.0 Å². The van der Waals surface area contributed by atoms with E-state index in [2.05, 4.69) is 37.2 Å². The maximum absolute atomic E-state index is 3.05. The summed E-state index contributed by atoms with van der Waals surface area (Å²) in [6.07, 6.45) is 0. The van der Waals surface area contributed by atoms with Crippen molar-refractivity contribution >= 4 is 12.5 Å². The Bertz CT molecular complexity index is 181. The van der Waals surface area contributed by atoms with E-state index < -0.39 is 0 Å². The summed E-state index contributed by atoms with van der Waals surface area (Å²) in [6, 6.07) is 4.15. The zero-order chi connectivity index (χ0) is 6.69. The number of anilines is 1. The van der Waals surface area contributed by atoms with Crippen LogP contribution in [0.25, 0.3) is 0 Å². The van der Waals surface area contributed by atoms with Crippen LogP contribution in [0.1, 0.15) is 5.56 Å². The van der Waals surface area contributed by atoms with Gasteiger partial charge in [-0.05, 0) is 0 Å². The van der Waals surface area contributed by atoms with E-state index in [-0.39, 0.29) is 0 Å². The molecule has 2 heteroatoms. The van der Waals surface area contributed by atoms with Crippen LogP contribution in [0.5, 0.6) is 0 Å². The average molecular weight is 119 g/mol. The molecule has 46 valence electrons. The van der Waals surface area contributed by atoms with Gasteiger partial charge in [-0.15, -0.1) is 0 Å². The second kappa shape index (κ2) is 2.67. The average Bonchev–Trinajstić information content (AvgIpc) is 1.90. The Morgan fingerprint density at radius 1 is 1.44 bits per heavy atom. The fraction of sp³-hybridized carbons (Fsp3) is 0.286. The zero-order valence-corrected chi connectivity index (χ0v) is 5.81. The van der Waals surface area contributed by atoms with E-state index in [1.807, 2.05) is 7.05 Å². The van der Waals surface area contributed by atoms with Crippen molar-refractivity contribution in [3.63, 3.8) is 0 Å². The Balaban J connectivity index is 2.88. The molecule has 0 aliphatic rings. The minimum absolute atomic E-state index is 1.17. The number of hydrogen-bond acceptors (Lipinski definition) is 1. The molecule has 0 fully saturated rings. The summed E-state index contributed by atoms with van der Waals surface area (Å²) in [7, 11) is 1.92. The summed E-state index contributed by atoms with van der Waals surface area (Å²) in [4.78, 5) is 0. The van der Waals surface area contributed by atoms with Crippen molar-refractivity contribution in [2.45, 2.75) is 6.92 Å². The Kier molecular flexibility index (Phi) is 1.88. The molecule has 1 aromatic rings. The van der Waals surface area contributed by atoms with Crippen LogP contribution < -0.4 is 5.32 Å². The van der Waals surface area contributed by atoms with Crippen LogP contribution in [0.15, 0.2) is 18.1 Å². The number of hydrogen-bond donors (Lipinski definition) is 1. The van der Waals surface area contributed by atoms with E-state index >= 15 is 0 Å². The molecule has 0 spiro atoms. The molecule has 0 aliphatic carbocycles. The van der Waals surface area contributed by atoms with Crippen LogP contribution in [0.4, 0.5) is 5.58 Å². The molecule has 0 bridgehead atoms. The molecule has 1 heterocycles. The molecule has 0 atom stereocenters. The van der Waals surface area contributed by atoms with E-state index in [4.69, 9.17) is 0 Å². The molecule has 0 amide bonds. The second-order valence-electron chi connectivity index (χ2n) is 2.12.